The number of carbonyl (C=O) groups excluding carboxylic acids is 1. The van der Waals surface area contributed by atoms with Crippen LogP contribution in [0.15, 0.2) is 53.0 Å². The number of nitrogens with one attached hydrogen (secondary N) is 1. The van der Waals surface area contributed by atoms with E-state index in [1.165, 1.54) is 5.56 Å². The molecule has 19 heavy (non-hydrogen) atoms. The lowest BCUT2D eigenvalue weighted by Gasteiger charge is -2.09. The van der Waals surface area contributed by atoms with Gasteiger partial charge in [-0.3, -0.25) is 4.79 Å². The van der Waals surface area contributed by atoms with Crippen LogP contribution in [0, 0.1) is 0 Å². The molecule has 0 unspecified atom stereocenters. The summed E-state index contributed by atoms with van der Waals surface area (Å²) < 4.78 is 0.798. The Morgan fingerprint density at radius 3 is 2.26 bits per heavy atom. The Bertz CT molecular complexity index is 576. The van der Waals surface area contributed by atoms with Crippen LogP contribution in [0.2, 0.25) is 0 Å². The lowest BCUT2D eigenvalue weighted by atomic mass is 10.0. The van der Waals surface area contributed by atoms with Gasteiger partial charge in [0.05, 0.1) is 5.56 Å². The summed E-state index contributed by atoms with van der Waals surface area (Å²) in [5, 5.41) is 2.90. The molecule has 0 atom stereocenters. The first-order valence-electron chi connectivity index (χ1n) is 6.24. The molecule has 3 heteroatoms. The van der Waals surface area contributed by atoms with E-state index < -0.39 is 0 Å². The number of halogens is 1. The Balaban J connectivity index is 2.13. The molecule has 0 fully saturated rings. The van der Waals surface area contributed by atoms with Crippen LogP contribution in [0.5, 0.6) is 0 Å². The van der Waals surface area contributed by atoms with E-state index in [9.17, 15) is 4.79 Å². The van der Waals surface area contributed by atoms with Gasteiger partial charge in [0.25, 0.3) is 5.91 Å². The maximum atomic E-state index is 12.1. The molecular weight excluding hydrogens is 302 g/mol. The number of rotatable bonds is 3. The Morgan fingerprint density at radius 2 is 1.68 bits per heavy atom. The summed E-state index contributed by atoms with van der Waals surface area (Å²) in [7, 11) is 0. The van der Waals surface area contributed by atoms with Gasteiger partial charge in [0.2, 0.25) is 0 Å². The molecule has 2 nitrogen and oxygen atoms in total. The first-order valence-corrected chi connectivity index (χ1v) is 7.03. The van der Waals surface area contributed by atoms with Crippen molar-refractivity contribution in [2.45, 2.75) is 19.8 Å². The van der Waals surface area contributed by atoms with E-state index in [4.69, 9.17) is 0 Å². The molecule has 2 rings (SSSR count). The third-order valence-corrected chi connectivity index (χ3v) is 3.65. The molecule has 0 aromatic heterocycles. The quantitative estimate of drug-likeness (QED) is 0.863. The SMILES string of the molecule is CC(C)c1ccc(NC(=O)c2ccccc2Br)cc1. The highest BCUT2D eigenvalue weighted by Crippen LogP contribution is 2.20. The Kier molecular flexibility index (Phi) is 4.38. The molecule has 0 aliphatic carbocycles. The number of carbonyl (C=O) groups is 1. The Morgan fingerprint density at radius 1 is 1.05 bits per heavy atom. The molecule has 2 aromatic rings. The second-order valence-corrected chi connectivity index (χ2v) is 5.57. The smallest absolute Gasteiger partial charge is 0.256 e. The molecule has 0 spiro atoms. The van der Waals surface area contributed by atoms with Gasteiger partial charge in [0.15, 0.2) is 0 Å². The Hall–Kier alpha value is -1.61. The van der Waals surface area contributed by atoms with Crippen molar-refractivity contribution in [2.75, 3.05) is 5.32 Å². The molecule has 98 valence electrons. The third kappa shape index (κ3) is 3.44. The summed E-state index contributed by atoms with van der Waals surface area (Å²) in [5.74, 6) is 0.387. The highest BCUT2D eigenvalue weighted by molar-refractivity contribution is 9.10. The number of anilines is 1. The van der Waals surface area contributed by atoms with Crippen molar-refractivity contribution in [3.8, 4) is 0 Å². The van der Waals surface area contributed by atoms with Crippen molar-refractivity contribution in [3.63, 3.8) is 0 Å². The maximum absolute atomic E-state index is 12.1. The van der Waals surface area contributed by atoms with E-state index in [1.54, 1.807) is 6.07 Å². The van der Waals surface area contributed by atoms with E-state index >= 15 is 0 Å². The van der Waals surface area contributed by atoms with E-state index in [0.29, 0.717) is 11.5 Å². The van der Waals surface area contributed by atoms with Crippen LogP contribution in [-0.4, -0.2) is 5.91 Å². The first kappa shape index (κ1) is 13.8. The van der Waals surface area contributed by atoms with Gasteiger partial charge in [-0.15, -0.1) is 0 Å². The van der Waals surface area contributed by atoms with Gasteiger partial charge in [0, 0.05) is 10.2 Å². The summed E-state index contributed by atoms with van der Waals surface area (Å²) in [6.45, 7) is 4.29. The van der Waals surface area contributed by atoms with E-state index in [-0.39, 0.29) is 5.91 Å². The number of amides is 1. The zero-order valence-electron chi connectivity index (χ0n) is 11.0. The number of hydrogen-bond acceptors (Lipinski definition) is 1. The van der Waals surface area contributed by atoms with Crippen LogP contribution >= 0.6 is 15.9 Å². The predicted octanol–water partition coefficient (Wildman–Crippen LogP) is 4.82. The van der Waals surface area contributed by atoms with Gasteiger partial charge in [-0.2, -0.15) is 0 Å². The van der Waals surface area contributed by atoms with Crippen LogP contribution in [0.1, 0.15) is 35.7 Å². The zero-order valence-corrected chi connectivity index (χ0v) is 12.6. The average Bonchev–Trinajstić information content (AvgIpc) is 2.39. The van der Waals surface area contributed by atoms with Crippen LogP contribution < -0.4 is 5.32 Å². The van der Waals surface area contributed by atoms with Gasteiger partial charge >= 0.3 is 0 Å². The van der Waals surface area contributed by atoms with Gasteiger partial charge in [-0.1, -0.05) is 38.1 Å². The highest BCUT2D eigenvalue weighted by Gasteiger charge is 2.09. The summed E-state index contributed by atoms with van der Waals surface area (Å²) in [6, 6.07) is 15.3. The number of hydrogen-bond donors (Lipinski definition) is 1. The summed E-state index contributed by atoms with van der Waals surface area (Å²) in [6.07, 6.45) is 0. The summed E-state index contributed by atoms with van der Waals surface area (Å²) in [4.78, 5) is 12.1. The minimum absolute atomic E-state index is 0.107. The fourth-order valence-corrected chi connectivity index (χ4v) is 2.26. The maximum Gasteiger partial charge on any atom is 0.256 e. The van der Waals surface area contributed by atoms with Crippen molar-refractivity contribution in [1.82, 2.24) is 0 Å². The molecule has 0 bridgehead atoms. The van der Waals surface area contributed by atoms with E-state index in [2.05, 4.69) is 35.1 Å². The molecule has 0 saturated heterocycles. The Labute approximate surface area is 122 Å². The second-order valence-electron chi connectivity index (χ2n) is 4.71. The monoisotopic (exact) mass is 317 g/mol. The van der Waals surface area contributed by atoms with Gasteiger partial charge in [0.1, 0.15) is 0 Å². The molecule has 0 radical (unpaired) electrons. The topological polar surface area (TPSA) is 29.1 Å². The molecule has 0 aliphatic rings. The van der Waals surface area contributed by atoms with Crippen LogP contribution in [-0.2, 0) is 0 Å². The molecule has 0 heterocycles. The van der Waals surface area contributed by atoms with Crippen molar-refractivity contribution >= 4 is 27.5 Å². The van der Waals surface area contributed by atoms with Crippen molar-refractivity contribution in [2.24, 2.45) is 0 Å². The fraction of sp³-hybridized carbons (Fsp3) is 0.188. The molecule has 1 N–H and O–H groups in total. The summed E-state index contributed by atoms with van der Waals surface area (Å²) in [5.41, 5.74) is 2.71. The normalized spacial score (nSPS) is 10.5. The van der Waals surface area contributed by atoms with E-state index in [0.717, 1.165) is 10.2 Å². The van der Waals surface area contributed by atoms with Gasteiger partial charge in [-0.25, -0.2) is 0 Å². The second kappa shape index (κ2) is 6.02. The molecule has 1 amide bonds. The predicted molar refractivity (Wildman–Crippen MR) is 82.6 cm³/mol. The average molecular weight is 318 g/mol. The first-order chi connectivity index (χ1) is 9.08. The minimum atomic E-state index is -0.107. The molecule has 2 aromatic carbocycles. The summed E-state index contributed by atoms with van der Waals surface area (Å²) >= 11 is 3.38. The third-order valence-electron chi connectivity index (χ3n) is 2.95. The number of benzene rings is 2. The van der Waals surface area contributed by atoms with Crippen molar-refractivity contribution in [1.29, 1.82) is 0 Å². The highest BCUT2D eigenvalue weighted by atomic mass is 79.9. The van der Waals surface area contributed by atoms with Crippen molar-refractivity contribution < 1.29 is 4.79 Å². The van der Waals surface area contributed by atoms with Crippen molar-refractivity contribution in [3.05, 3.63) is 64.1 Å². The van der Waals surface area contributed by atoms with Gasteiger partial charge in [-0.05, 0) is 51.7 Å². The van der Waals surface area contributed by atoms with Crippen LogP contribution in [0.4, 0.5) is 5.69 Å². The molecular formula is C16H16BrNO. The molecule has 0 aliphatic heterocycles. The van der Waals surface area contributed by atoms with Crippen LogP contribution in [0.3, 0.4) is 0 Å². The minimum Gasteiger partial charge on any atom is -0.322 e. The van der Waals surface area contributed by atoms with Crippen LogP contribution in [0.25, 0.3) is 0 Å². The lowest BCUT2D eigenvalue weighted by Crippen LogP contribution is -2.12. The standard InChI is InChI=1S/C16H16BrNO/c1-11(2)12-7-9-13(10-8-12)18-16(19)14-5-3-4-6-15(14)17/h3-11H,1-2H3,(H,18,19). The molecule has 0 saturated carbocycles. The van der Waals surface area contributed by atoms with E-state index in [1.807, 2.05) is 42.5 Å². The zero-order chi connectivity index (χ0) is 13.8. The largest absolute Gasteiger partial charge is 0.322 e. The van der Waals surface area contributed by atoms with Gasteiger partial charge < -0.3 is 5.32 Å². The lowest BCUT2D eigenvalue weighted by molar-refractivity contribution is 0.102. The fourth-order valence-electron chi connectivity index (χ4n) is 1.80.